The molecule has 3 atom stereocenters. The van der Waals surface area contributed by atoms with E-state index in [1.165, 1.54) is 0 Å². The summed E-state index contributed by atoms with van der Waals surface area (Å²) in [7, 11) is 3.27. The Morgan fingerprint density at radius 2 is 1.90 bits per heavy atom. The summed E-state index contributed by atoms with van der Waals surface area (Å²) in [4.78, 5) is 15.4. The van der Waals surface area contributed by atoms with Crippen molar-refractivity contribution in [1.29, 1.82) is 0 Å². The molecule has 0 aromatic heterocycles. The zero-order chi connectivity index (χ0) is 23.0. The summed E-state index contributed by atoms with van der Waals surface area (Å²) in [5.74, 6) is 2.32. The molecule has 1 amide bonds. The molecule has 1 heterocycles. The van der Waals surface area contributed by atoms with Gasteiger partial charge in [0.25, 0.3) is 5.91 Å². The molecule has 3 N–H and O–H groups in total. The molecule has 2 rings (SSSR count). The number of hydrogen-bond donors (Lipinski definition) is 2. The summed E-state index contributed by atoms with van der Waals surface area (Å²) in [5, 5.41) is 3.47. The normalized spacial score (nSPS) is 19.6. The van der Waals surface area contributed by atoms with Gasteiger partial charge in [-0.1, -0.05) is 13.8 Å². The number of carbonyl (C=O) groups excluding carboxylic acids is 1. The van der Waals surface area contributed by atoms with Crippen molar-refractivity contribution in [2.45, 2.75) is 46.2 Å². The van der Waals surface area contributed by atoms with Gasteiger partial charge in [0.05, 0.1) is 13.7 Å². The highest BCUT2D eigenvalue weighted by molar-refractivity contribution is 5.95. The van der Waals surface area contributed by atoms with E-state index in [0.717, 1.165) is 19.5 Å². The van der Waals surface area contributed by atoms with Gasteiger partial charge in [0, 0.05) is 50.9 Å². The molecule has 7 heteroatoms. The SMILES string of the molecule is COCCCOc1cc(C(=O)N(CC2CNCC2C(N)C(C)C)C(C)C)ccc1OC. The summed E-state index contributed by atoms with van der Waals surface area (Å²) < 4.78 is 16.4. The van der Waals surface area contributed by atoms with Crippen LogP contribution in [0.25, 0.3) is 0 Å². The molecular formula is C24H41N3O4. The first-order valence-electron chi connectivity index (χ1n) is 11.4. The van der Waals surface area contributed by atoms with E-state index in [-0.39, 0.29) is 18.0 Å². The van der Waals surface area contributed by atoms with E-state index in [1.54, 1.807) is 26.4 Å². The van der Waals surface area contributed by atoms with Crippen LogP contribution in [0.5, 0.6) is 11.5 Å². The molecule has 7 nitrogen and oxygen atoms in total. The zero-order valence-corrected chi connectivity index (χ0v) is 20.0. The molecule has 176 valence electrons. The van der Waals surface area contributed by atoms with Crippen LogP contribution in [-0.2, 0) is 4.74 Å². The van der Waals surface area contributed by atoms with Crippen LogP contribution in [0.3, 0.4) is 0 Å². The highest BCUT2D eigenvalue weighted by atomic mass is 16.5. The number of amides is 1. The van der Waals surface area contributed by atoms with Gasteiger partial charge in [0.2, 0.25) is 0 Å². The van der Waals surface area contributed by atoms with Gasteiger partial charge < -0.3 is 30.2 Å². The van der Waals surface area contributed by atoms with Gasteiger partial charge in [0.15, 0.2) is 11.5 Å². The van der Waals surface area contributed by atoms with Crippen LogP contribution in [0, 0.1) is 17.8 Å². The first kappa shape index (κ1) is 25.4. The van der Waals surface area contributed by atoms with Crippen LogP contribution in [0.4, 0.5) is 0 Å². The Balaban J connectivity index is 2.17. The molecule has 0 saturated carbocycles. The lowest BCUT2D eigenvalue weighted by Gasteiger charge is -2.34. The quantitative estimate of drug-likeness (QED) is 0.491. The number of nitrogens with one attached hydrogen (secondary N) is 1. The van der Waals surface area contributed by atoms with E-state index in [4.69, 9.17) is 19.9 Å². The molecule has 1 fully saturated rings. The van der Waals surface area contributed by atoms with E-state index in [0.29, 0.717) is 54.6 Å². The fourth-order valence-corrected chi connectivity index (χ4v) is 4.15. The van der Waals surface area contributed by atoms with Gasteiger partial charge in [-0.05, 0) is 56.3 Å². The lowest BCUT2D eigenvalue weighted by molar-refractivity contribution is 0.0652. The van der Waals surface area contributed by atoms with Gasteiger partial charge in [-0.25, -0.2) is 0 Å². The first-order chi connectivity index (χ1) is 14.8. The summed E-state index contributed by atoms with van der Waals surface area (Å²) in [6.07, 6.45) is 0.766. The topological polar surface area (TPSA) is 86.1 Å². The van der Waals surface area contributed by atoms with Gasteiger partial charge >= 0.3 is 0 Å². The predicted molar refractivity (Wildman–Crippen MR) is 124 cm³/mol. The second-order valence-corrected chi connectivity index (χ2v) is 9.02. The Morgan fingerprint density at radius 3 is 2.52 bits per heavy atom. The van der Waals surface area contributed by atoms with Gasteiger partial charge in [-0.3, -0.25) is 4.79 Å². The number of ether oxygens (including phenoxy) is 3. The molecule has 31 heavy (non-hydrogen) atoms. The van der Waals surface area contributed by atoms with Crippen LogP contribution in [0.1, 0.15) is 44.5 Å². The Bertz CT molecular complexity index is 695. The van der Waals surface area contributed by atoms with Crippen LogP contribution in [-0.4, -0.2) is 70.0 Å². The first-order valence-corrected chi connectivity index (χ1v) is 11.4. The highest BCUT2D eigenvalue weighted by Gasteiger charge is 2.35. The maximum Gasteiger partial charge on any atom is 0.254 e. The number of nitrogens with zero attached hydrogens (tertiary/aromatic N) is 1. The van der Waals surface area contributed by atoms with E-state index in [9.17, 15) is 4.79 Å². The number of benzene rings is 1. The van der Waals surface area contributed by atoms with Crippen molar-refractivity contribution >= 4 is 5.91 Å². The maximum absolute atomic E-state index is 13.5. The lowest BCUT2D eigenvalue weighted by Crippen LogP contribution is -2.46. The van der Waals surface area contributed by atoms with Crippen molar-refractivity contribution in [1.82, 2.24) is 10.2 Å². The lowest BCUT2D eigenvalue weighted by atomic mass is 9.83. The number of hydrogen-bond acceptors (Lipinski definition) is 6. The molecule has 0 aliphatic carbocycles. The molecule has 1 aromatic carbocycles. The van der Waals surface area contributed by atoms with Crippen molar-refractivity contribution in [2.24, 2.45) is 23.5 Å². The molecule has 0 radical (unpaired) electrons. The third-order valence-electron chi connectivity index (χ3n) is 6.13. The summed E-state index contributed by atoms with van der Waals surface area (Å²) >= 11 is 0. The van der Waals surface area contributed by atoms with Crippen molar-refractivity contribution in [3.8, 4) is 11.5 Å². The number of rotatable bonds is 12. The predicted octanol–water partition coefficient (Wildman–Crippen LogP) is 2.78. The molecule has 1 aliphatic rings. The minimum absolute atomic E-state index is 0.00293. The largest absolute Gasteiger partial charge is 0.493 e. The van der Waals surface area contributed by atoms with Gasteiger partial charge in [-0.15, -0.1) is 0 Å². The maximum atomic E-state index is 13.5. The third-order valence-corrected chi connectivity index (χ3v) is 6.13. The van der Waals surface area contributed by atoms with Crippen LogP contribution < -0.4 is 20.5 Å². The highest BCUT2D eigenvalue weighted by Crippen LogP contribution is 2.30. The Hall–Kier alpha value is -1.83. The van der Waals surface area contributed by atoms with Crippen molar-refractivity contribution in [3.05, 3.63) is 23.8 Å². The van der Waals surface area contributed by atoms with Crippen LogP contribution in [0.2, 0.25) is 0 Å². The Labute approximate surface area is 187 Å². The number of methoxy groups -OCH3 is 2. The second kappa shape index (κ2) is 12.3. The van der Waals surface area contributed by atoms with Crippen molar-refractivity contribution in [2.75, 3.05) is 47.1 Å². The fourth-order valence-electron chi connectivity index (χ4n) is 4.15. The van der Waals surface area contributed by atoms with Crippen molar-refractivity contribution < 1.29 is 19.0 Å². The second-order valence-electron chi connectivity index (χ2n) is 9.02. The zero-order valence-electron chi connectivity index (χ0n) is 20.0. The number of carbonyl (C=O) groups is 1. The fraction of sp³-hybridized carbons (Fsp3) is 0.708. The molecule has 1 saturated heterocycles. The van der Waals surface area contributed by atoms with E-state index in [2.05, 4.69) is 33.0 Å². The third kappa shape index (κ3) is 6.82. The molecule has 0 bridgehead atoms. The summed E-state index contributed by atoms with van der Waals surface area (Å²) in [6, 6.07) is 5.59. The minimum Gasteiger partial charge on any atom is -0.493 e. The summed E-state index contributed by atoms with van der Waals surface area (Å²) in [6.45, 7) is 12.0. The monoisotopic (exact) mass is 435 g/mol. The average Bonchev–Trinajstić information content (AvgIpc) is 3.21. The Kier molecular flexibility index (Phi) is 10.1. The van der Waals surface area contributed by atoms with E-state index in [1.807, 2.05) is 11.0 Å². The van der Waals surface area contributed by atoms with Crippen LogP contribution in [0.15, 0.2) is 18.2 Å². The molecule has 3 unspecified atom stereocenters. The van der Waals surface area contributed by atoms with Gasteiger partial charge in [-0.2, -0.15) is 0 Å². The van der Waals surface area contributed by atoms with E-state index < -0.39 is 0 Å². The molecule has 0 spiro atoms. The van der Waals surface area contributed by atoms with E-state index >= 15 is 0 Å². The molecule has 1 aliphatic heterocycles. The molecule has 1 aromatic rings. The van der Waals surface area contributed by atoms with Crippen LogP contribution >= 0.6 is 0 Å². The smallest absolute Gasteiger partial charge is 0.254 e. The molecular weight excluding hydrogens is 394 g/mol. The number of nitrogens with two attached hydrogens (primary N) is 1. The Morgan fingerprint density at radius 1 is 1.16 bits per heavy atom. The minimum atomic E-state index is 0.00293. The standard InChI is InChI=1S/C24H41N3O4/c1-16(2)23(25)20-14-26-13-19(20)15-27(17(3)4)24(28)18-8-9-21(30-6)22(12-18)31-11-7-10-29-5/h8-9,12,16-17,19-20,23,26H,7,10-11,13-15,25H2,1-6H3. The van der Waals surface area contributed by atoms with Crippen molar-refractivity contribution in [3.63, 3.8) is 0 Å². The van der Waals surface area contributed by atoms with Gasteiger partial charge in [0.1, 0.15) is 0 Å². The summed E-state index contributed by atoms with van der Waals surface area (Å²) in [5.41, 5.74) is 7.09. The average molecular weight is 436 g/mol.